The van der Waals surface area contributed by atoms with E-state index in [1.807, 2.05) is 30.1 Å². The van der Waals surface area contributed by atoms with E-state index in [1.165, 1.54) is 11.1 Å². The van der Waals surface area contributed by atoms with Crippen LogP contribution in [0.15, 0.2) is 40.8 Å². The number of nitrogen functional groups attached to an aromatic ring is 1. The smallest absolute Gasteiger partial charge is 0.302 e. The van der Waals surface area contributed by atoms with Gasteiger partial charge in [-0.15, -0.1) is 0 Å². The standard InChI is InChI=1S/C16H17N3O/c1-10-6-11(2)8-13(7-10)19(3)16-18-14-9-12(17)4-5-15(14)20-16/h4-9H,17H2,1-3H3. The minimum Gasteiger partial charge on any atom is -0.423 e. The molecule has 0 bridgehead atoms. The Kier molecular flexibility index (Phi) is 2.86. The Morgan fingerprint density at radius 2 is 1.75 bits per heavy atom. The quantitative estimate of drug-likeness (QED) is 0.718. The first kappa shape index (κ1) is 12.5. The molecule has 1 heterocycles. The lowest BCUT2D eigenvalue weighted by molar-refractivity contribution is 0.603. The minimum absolute atomic E-state index is 0.565. The van der Waals surface area contributed by atoms with Crippen molar-refractivity contribution in [1.82, 2.24) is 4.98 Å². The summed E-state index contributed by atoms with van der Waals surface area (Å²) in [4.78, 5) is 6.43. The summed E-state index contributed by atoms with van der Waals surface area (Å²) in [5.41, 5.74) is 11.5. The number of hydrogen-bond acceptors (Lipinski definition) is 4. The highest BCUT2D eigenvalue weighted by atomic mass is 16.4. The molecule has 0 aliphatic carbocycles. The van der Waals surface area contributed by atoms with Crippen molar-refractivity contribution >= 4 is 28.5 Å². The lowest BCUT2D eigenvalue weighted by Gasteiger charge is -2.15. The zero-order valence-corrected chi connectivity index (χ0v) is 11.8. The highest BCUT2D eigenvalue weighted by molar-refractivity contribution is 5.79. The maximum absolute atomic E-state index is 5.78. The predicted octanol–water partition coefficient (Wildman–Crippen LogP) is 3.79. The van der Waals surface area contributed by atoms with Crippen LogP contribution in [0.5, 0.6) is 0 Å². The largest absolute Gasteiger partial charge is 0.423 e. The molecular weight excluding hydrogens is 250 g/mol. The average molecular weight is 267 g/mol. The molecule has 3 aromatic rings. The van der Waals surface area contributed by atoms with E-state index in [9.17, 15) is 0 Å². The predicted molar refractivity (Wildman–Crippen MR) is 82.4 cm³/mol. The molecule has 20 heavy (non-hydrogen) atoms. The van der Waals surface area contributed by atoms with Crippen molar-refractivity contribution in [2.75, 3.05) is 17.7 Å². The second-order valence-electron chi connectivity index (χ2n) is 5.13. The van der Waals surface area contributed by atoms with Crippen LogP contribution >= 0.6 is 0 Å². The first-order valence-electron chi connectivity index (χ1n) is 6.51. The monoisotopic (exact) mass is 267 g/mol. The zero-order valence-electron chi connectivity index (χ0n) is 11.8. The van der Waals surface area contributed by atoms with Gasteiger partial charge >= 0.3 is 6.01 Å². The van der Waals surface area contributed by atoms with E-state index < -0.39 is 0 Å². The van der Waals surface area contributed by atoms with E-state index >= 15 is 0 Å². The van der Waals surface area contributed by atoms with Gasteiger partial charge in [-0.05, 0) is 55.3 Å². The van der Waals surface area contributed by atoms with E-state index in [0.29, 0.717) is 11.7 Å². The summed E-state index contributed by atoms with van der Waals surface area (Å²) in [5.74, 6) is 0. The van der Waals surface area contributed by atoms with E-state index in [1.54, 1.807) is 0 Å². The summed E-state index contributed by atoms with van der Waals surface area (Å²) >= 11 is 0. The topological polar surface area (TPSA) is 55.3 Å². The summed E-state index contributed by atoms with van der Waals surface area (Å²) in [6, 6.07) is 12.4. The normalized spacial score (nSPS) is 10.9. The first-order chi connectivity index (χ1) is 9.52. The van der Waals surface area contributed by atoms with Crippen LogP contribution in [-0.2, 0) is 0 Å². The summed E-state index contributed by atoms with van der Waals surface area (Å²) < 4.78 is 5.78. The first-order valence-corrected chi connectivity index (χ1v) is 6.51. The molecule has 0 unspecified atom stereocenters. The number of benzene rings is 2. The molecule has 0 amide bonds. The zero-order chi connectivity index (χ0) is 14.3. The van der Waals surface area contributed by atoms with Gasteiger partial charge in [0.2, 0.25) is 0 Å². The van der Waals surface area contributed by atoms with Crippen molar-refractivity contribution in [3.63, 3.8) is 0 Å². The third-order valence-electron chi connectivity index (χ3n) is 3.28. The molecule has 1 aromatic heterocycles. The number of oxazole rings is 1. The van der Waals surface area contributed by atoms with Crippen molar-refractivity contribution in [2.24, 2.45) is 0 Å². The second kappa shape index (κ2) is 4.56. The van der Waals surface area contributed by atoms with Gasteiger partial charge in [-0.3, -0.25) is 4.90 Å². The van der Waals surface area contributed by atoms with Crippen LogP contribution in [0, 0.1) is 13.8 Å². The number of fused-ring (bicyclic) bond motifs is 1. The number of nitrogens with zero attached hydrogens (tertiary/aromatic N) is 2. The molecule has 2 N–H and O–H groups in total. The van der Waals surface area contributed by atoms with Crippen LogP contribution in [0.4, 0.5) is 17.4 Å². The Balaban J connectivity index is 2.05. The molecule has 0 atom stereocenters. The fourth-order valence-electron chi connectivity index (χ4n) is 2.33. The number of nitrogens with two attached hydrogens (primary N) is 1. The second-order valence-corrected chi connectivity index (χ2v) is 5.13. The molecular formula is C16H17N3O. The number of aryl methyl sites for hydroxylation is 2. The van der Waals surface area contributed by atoms with Gasteiger partial charge in [0, 0.05) is 18.4 Å². The van der Waals surface area contributed by atoms with Crippen molar-refractivity contribution in [3.05, 3.63) is 47.5 Å². The van der Waals surface area contributed by atoms with E-state index in [4.69, 9.17) is 10.2 Å². The van der Waals surface area contributed by atoms with Crippen molar-refractivity contribution in [2.45, 2.75) is 13.8 Å². The molecule has 0 saturated carbocycles. The summed E-state index contributed by atoms with van der Waals surface area (Å²) in [6.45, 7) is 4.16. The Bertz CT molecular complexity index is 756. The number of hydrogen-bond donors (Lipinski definition) is 1. The molecule has 0 aliphatic heterocycles. The maximum Gasteiger partial charge on any atom is 0.302 e. The average Bonchev–Trinajstić information content (AvgIpc) is 2.79. The van der Waals surface area contributed by atoms with Crippen molar-refractivity contribution in [3.8, 4) is 0 Å². The number of aromatic nitrogens is 1. The fourth-order valence-corrected chi connectivity index (χ4v) is 2.33. The minimum atomic E-state index is 0.565. The van der Waals surface area contributed by atoms with Crippen LogP contribution in [0.25, 0.3) is 11.1 Å². The van der Waals surface area contributed by atoms with Gasteiger partial charge in [0.1, 0.15) is 5.52 Å². The molecule has 102 valence electrons. The summed E-state index contributed by atoms with van der Waals surface area (Å²) in [7, 11) is 1.95. The van der Waals surface area contributed by atoms with Gasteiger partial charge in [-0.1, -0.05) is 6.07 Å². The summed E-state index contributed by atoms with van der Waals surface area (Å²) in [5, 5.41) is 0. The lowest BCUT2D eigenvalue weighted by Crippen LogP contribution is -2.10. The highest BCUT2D eigenvalue weighted by Gasteiger charge is 2.12. The van der Waals surface area contributed by atoms with E-state index in [0.717, 1.165) is 16.8 Å². The van der Waals surface area contributed by atoms with E-state index in [2.05, 4.69) is 37.0 Å². The van der Waals surface area contributed by atoms with E-state index in [-0.39, 0.29) is 0 Å². The van der Waals surface area contributed by atoms with Crippen molar-refractivity contribution < 1.29 is 4.42 Å². The SMILES string of the molecule is Cc1cc(C)cc(N(C)c2nc3cc(N)ccc3o2)c1. The molecule has 0 aliphatic rings. The molecule has 3 rings (SSSR count). The van der Waals surface area contributed by atoms with Gasteiger partial charge in [0.05, 0.1) is 0 Å². The number of anilines is 3. The van der Waals surface area contributed by atoms with Gasteiger partial charge in [0.25, 0.3) is 0 Å². The van der Waals surface area contributed by atoms with Crippen LogP contribution in [0.2, 0.25) is 0 Å². The summed E-state index contributed by atoms with van der Waals surface area (Å²) in [6.07, 6.45) is 0. The Morgan fingerprint density at radius 3 is 2.45 bits per heavy atom. The van der Waals surface area contributed by atoms with Gasteiger partial charge in [0.15, 0.2) is 5.58 Å². The maximum atomic E-state index is 5.78. The molecule has 0 radical (unpaired) electrons. The Hall–Kier alpha value is -2.49. The van der Waals surface area contributed by atoms with Crippen LogP contribution < -0.4 is 10.6 Å². The highest BCUT2D eigenvalue weighted by Crippen LogP contribution is 2.28. The Labute approximate surface area is 117 Å². The molecule has 4 heteroatoms. The van der Waals surface area contributed by atoms with Crippen LogP contribution in [-0.4, -0.2) is 12.0 Å². The van der Waals surface area contributed by atoms with Gasteiger partial charge in [-0.2, -0.15) is 4.98 Å². The molecule has 0 spiro atoms. The molecule has 4 nitrogen and oxygen atoms in total. The van der Waals surface area contributed by atoms with Crippen LogP contribution in [0.1, 0.15) is 11.1 Å². The Morgan fingerprint density at radius 1 is 1.05 bits per heavy atom. The lowest BCUT2D eigenvalue weighted by atomic mass is 10.1. The molecule has 2 aromatic carbocycles. The fraction of sp³-hybridized carbons (Fsp3) is 0.188. The van der Waals surface area contributed by atoms with Gasteiger partial charge < -0.3 is 10.2 Å². The van der Waals surface area contributed by atoms with Crippen molar-refractivity contribution in [1.29, 1.82) is 0 Å². The third-order valence-corrected chi connectivity index (χ3v) is 3.28. The van der Waals surface area contributed by atoms with Gasteiger partial charge in [-0.25, -0.2) is 0 Å². The molecule has 0 fully saturated rings. The molecule has 0 saturated heterocycles. The van der Waals surface area contributed by atoms with Crippen LogP contribution in [0.3, 0.4) is 0 Å². The third kappa shape index (κ3) is 2.20. The number of rotatable bonds is 2.